The lowest BCUT2D eigenvalue weighted by Gasteiger charge is -2.13. The van der Waals surface area contributed by atoms with Crippen LogP contribution in [0.2, 0.25) is 0 Å². The van der Waals surface area contributed by atoms with Crippen molar-refractivity contribution in [3.63, 3.8) is 0 Å². The first kappa shape index (κ1) is 14.5. The number of sulfonamides is 1. The van der Waals surface area contributed by atoms with Crippen molar-refractivity contribution in [3.05, 3.63) is 53.9 Å². The third kappa shape index (κ3) is 3.15. The lowest BCUT2D eigenvalue weighted by Crippen LogP contribution is -2.20. The van der Waals surface area contributed by atoms with Crippen molar-refractivity contribution in [3.8, 4) is 0 Å². The Morgan fingerprint density at radius 1 is 1.20 bits per heavy atom. The molecular formula is C14H17N3O2S. The largest absolute Gasteiger partial charge is 0.380 e. The molecule has 0 atom stereocenters. The van der Waals surface area contributed by atoms with Crippen molar-refractivity contribution in [2.45, 2.75) is 18.4 Å². The maximum absolute atomic E-state index is 11.9. The molecule has 0 saturated heterocycles. The van der Waals surface area contributed by atoms with Crippen LogP contribution in [0.15, 0.2) is 47.6 Å². The summed E-state index contributed by atoms with van der Waals surface area (Å²) in [5, 5.41) is 3.16. The third-order valence-electron chi connectivity index (χ3n) is 3.05. The standard InChI is InChI=1S/C14H17N3O2S/c1-11-9-16-8-7-12(11)10-17-13-5-3-4-6-14(13)20(18,19)15-2/h3-9,15,17H,10H2,1-2H3. The van der Waals surface area contributed by atoms with Crippen molar-refractivity contribution in [1.82, 2.24) is 9.71 Å². The van der Waals surface area contributed by atoms with Gasteiger partial charge in [0, 0.05) is 18.9 Å². The van der Waals surface area contributed by atoms with E-state index < -0.39 is 10.0 Å². The molecule has 20 heavy (non-hydrogen) atoms. The first-order valence-electron chi connectivity index (χ1n) is 6.20. The highest BCUT2D eigenvalue weighted by Gasteiger charge is 2.15. The minimum Gasteiger partial charge on any atom is -0.380 e. The molecule has 106 valence electrons. The fourth-order valence-electron chi connectivity index (χ4n) is 1.85. The molecule has 0 aliphatic heterocycles. The summed E-state index contributed by atoms with van der Waals surface area (Å²) in [6.45, 7) is 2.52. The van der Waals surface area contributed by atoms with Gasteiger partial charge in [-0.15, -0.1) is 0 Å². The summed E-state index contributed by atoms with van der Waals surface area (Å²) in [7, 11) is -2.07. The number of pyridine rings is 1. The van der Waals surface area contributed by atoms with Crippen LogP contribution in [0.4, 0.5) is 5.69 Å². The van der Waals surface area contributed by atoms with Crippen LogP contribution in [0.3, 0.4) is 0 Å². The Labute approximate surface area is 119 Å². The zero-order valence-electron chi connectivity index (χ0n) is 11.4. The van der Waals surface area contributed by atoms with Gasteiger partial charge in [-0.2, -0.15) is 0 Å². The molecule has 1 aromatic heterocycles. The van der Waals surface area contributed by atoms with E-state index in [9.17, 15) is 8.42 Å². The molecule has 2 N–H and O–H groups in total. The monoisotopic (exact) mass is 291 g/mol. The summed E-state index contributed by atoms with van der Waals surface area (Å²) in [6.07, 6.45) is 3.51. The Hall–Kier alpha value is -1.92. The van der Waals surface area contributed by atoms with Gasteiger partial charge in [-0.25, -0.2) is 13.1 Å². The molecule has 0 spiro atoms. The lowest BCUT2D eigenvalue weighted by atomic mass is 10.1. The van der Waals surface area contributed by atoms with E-state index in [1.165, 1.54) is 7.05 Å². The fraction of sp³-hybridized carbons (Fsp3) is 0.214. The maximum atomic E-state index is 11.9. The fourth-order valence-corrected chi connectivity index (χ4v) is 2.76. The Balaban J connectivity index is 2.25. The summed E-state index contributed by atoms with van der Waals surface area (Å²) in [5.74, 6) is 0. The van der Waals surface area contributed by atoms with Crippen molar-refractivity contribution >= 4 is 15.7 Å². The summed E-state index contributed by atoms with van der Waals surface area (Å²) in [6, 6.07) is 8.75. The summed E-state index contributed by atoms with van der Waals surface area (Å²) in [5.41, 5.74) is 2.73. The van der Waals surface area contributed by atoms with Gasteiger partial charge in [0.1, 0.15) is 4.90 Å². The van der Waals surface area contributed by atoms with Crippen LogP contribution in [0.1, 0.15) is 11.1 Å². The smallest absolute Gasteiger partial charge is 0.242 e. The van der Waals surface area contributed by atoms with E-state index >= 15 is 0 Å². The van der Waals surface area contributed by atoms with Crippen LogP contribution in [0, 0.1) is 6.92 Å². The van der Waals surface area contributed by atoms with E-state index in [1.807, 2.05) is 13.0 Å². The van der Waals surface area contributed by atoms with Gasteiger partial charge in [0.25, 0.3) is 0 Å². The first-order valence-corrected chi connectivity index (χ1v) is 7.69. The number of para-hydroxylation sites is 1. The molecule has 0 aliphatic rings. The molecular weight excluding hydrogens is 274 g/mol. The van der Waals surface area contributed by atoms with Gasteiger partial charge in [-0.3, -0.25) is 4.98 Å². The Morgan fingerprint density at radius 2 is 1.95 bits per heavy atom. The number of aromatic nitrogens is 1. The molecule has 1 aromatic carbocycles. The number of anilines is 1. The maximum Gasteiger partial charge on any atom is 0.242 e. The van der Waals surface area contributed by atoms with E-state index in [4.69, 9.17) is 0 Å². The van der Waals surface area contributed by atoms with Crippen LogP contribution >= 0.6 is 0 Å². The van der Waals surface area contributed by atoms with Crippen molar-refractivity contribution < 1.29 is 8.42 Å². The molecule has 0 saturated carbocycles. The third-order valence-corrected chi connectivity index (χ3v) is 4.52. The molecule has 0 fully saturated rings. The highest BCUT2D eigenvalue weighted by atomic mass is 32.2. The number of hydrogen-bond acceptors (Lipinski definition) is 4. The van der Waals surface area contributed by atoms with Crippen LogP contribution in [0.25, 0.3) is 0 Å². The number of benzene rings is 1. The first-order chi connectivity index (χ1) is 9.54. The molecule has 0 bridgehead atoms. The zero-order valence-corrected chi connectivity index (χ0v) is 12.2. The highest BCUT2D eigenvalue weighted by molar-refractivity contribution is 7.89. The van der Waals surface area contributed by atoms with Gasteiger partial charge in [-0.05, 0) is 43.3 Å². The van der Waals surface area contributed by atoms with E-state index in [2.05, 4.69) is 15.0 Å². The second-order valence-corrected chi connectivity index (χ2v) is 6.21. The van der Waals surface area contributed by atoms with Crippen LogP contribution in [-0.4, -0.2) is 20.4 Å². The Kier molecular flexibility index (Phi) is 4.36. The summed E-state index contributed by atoms with van der Waals surface area (Å²) < 4.78 is 26.2. The van der Waals surface area contributed by atoms with Crippen LogP contribution < -0.4 is 10.0 Å². The van der Waals surface area contributed by atoms with Crippen molar-refractivity contribution in [2.24, 2.45) is 0 Å². The van der Waals surface area contributed by atoms with Crippen molar-refractivity contribution in [1.29, 1.82) is 0 Å². The minimum absolute atomic E-state index is 0.245. The molecule has 0 aliphatic carbocycles. The predicted molar refractivity (Wildman–Crippen MR) is 79.0 cm³/mol. The number of nitrogens with zero attached hydrogens (tertiary/aromatic N) is 1. The van der Waals surface area contributed by atoms with Gasteiger partial charge in [0.2, 0.25) is 10.0 Å². The second kappa shape index (κ2) is 6.02. The average Bonchev–Trinajstić information content (AvgIpc) is 2.47. The number of hydrogen-bond donors (Lipinski definition) is 2. The zero-order chi connectivity index (χ0) is 14.6. The Morgan fingerprint density at radius 3 is 2.65 bits per heavy atom. The van der Waals surface area contributed by atoms with E-state index in [1.54, 1.807) is 36.7 Å². The molecule has 2 rings (SSSR count). The van der Waals surface area contributed by atoms with Gasteiger partial charge < -0.3 is 5.32 Å². The SMILES string of the molecule is CNS(=O)(=O)c1ccccc1NCc1ccncc1C. The molecule has 0 radical (unpaired) electrons. The molecule has 0 unspecified atom stereocenters. The number of nitrogens with one attached hydrogen (secondary N) is 2. The molecule has 2 aromatic rings. The number of rotatable bonds is 5. The van der Waals surface area contributed by atoms with E-state index in [-0.39, 0.29) is 4.90 Å². The normalized spacial score (nSPS) is 11.3. The average molecular weight is 291 g/mol. The lowest BCUT2D eigenvalue weighted by molar-refractivity contribution is 0.588. The van der Waals surface area contributed by atoms with Gasteiger partial charge in [0.05, 0.1) is 5.69 Å². The molecule has 1 heterocycles. The minimum atomic E-state index is -3.47. The quantitative estimate of drug-likeness (QED) is 0.883. The van der Waals surface area contributed by atoms with Crippen LogP contribution in [0.5, 0.6) is 0 Å². The topological polar surface area (TPSA) is 71.1 Å². The predicted octanol–water partition coefficient (Wildman–Crippen LogP) is 1.91. The van der Waals surface area contributed by atoms with E-state index in [0.29, 0.717) is 12.2 Å². The number of aryl methyl sites for hydroxylation is 1. The summed E-state index contributed by atoms with van der Waals surface area (Å²) >= 11 is 0. The Bertz CT molecular complexity index is 699. The molecule has 5 nitrogen and oxygen atoms in total. The van der Waals surface area contributed by atoms with Crippen molar-refractivity contribution in [2.75, 3.05) is 12.4 Å². The summed E-state index contributed by atoms with van der Waals surface area (Å²) in [4.78, 5) is 4.28. The molecule has 0 amide bonds. The molecule has 6 heteroatoms. The van der Waals surface area contributed by atoms with Gasteiger partial charge >= 0.3 is 0 Å². The van der Waals surface area contributed by atoms with E-state index in [0.717, 1.165) is 11.1 Å². The second-order valence-electron chi connectivity index (χ2n) is 4.36. The van der Waals surface area contributed by atoms with Gasteiger partial charge in [0.15, 0.2) is 0 Å². The van der Waals surface area contributed by atoms with Crippen LogP contribution in [-0.2, 0) is 16.6 Å². The van der Waals surface area contributed by atoms with Gasteiger partial charge in [-0.1, -0.05) is 12.1 Å². The highest BCUT2D eigenvalue weighted by Crippen LogP contribution is 2.21.